The van der Waals surface area contributed by atoms with E-state index in [1.807, 2.05) is 0 Å². The third kappa shape index (κ3) is 6.37. The first-order valence-corrected chi connectivity index (χ1v) is 9.50. The summed E-state index contributed by atoms with van der Waals surface area (Å²) in [6.45, 7) is -0.326. The summed E-state index contributed by atoms with van der Waals surface area (Å²) in [5, 5.41) is -1.42. The molecule has 0 fully saturated rings. The number of nitrogens with zero attached hydrogens (tertiary/aromatic N) is 1. The molecule has 0 aliphatic carbocycles. The van der Waals surface area contributed by atoms with Crippen LogP contribution in [0.5, 0.6) is 0 Å². The maximum absolute atomic E-state index is 11.1. The summed E-state index contributed by atoms with van der Waals surface area (Å²) < 4.78 is 22.2. The molecule has 9 nitrogen and oxygen atoms in total. The molecule has 124 valence electrons. The highest BCUT2D eigenvalue weighted by molar-refractivity contribution is 7.70. The molecule has 1 amide bonds. The number of benzene rings is 1. The summed E-state index contributed by atoms with van der Waals surface area (Å²) in [6.07, 6.45) is -0.318. The normalized spacial score (nSPS) is 12.4. The molecule has 22 heavy (non-hydrogen) atoms. The number of hydrogen-bond acceptors (Lipinski definition) is 4. The Labute approximate surface area is 126 Å². The Balaban J connectivity index is 2.60. The van der Waals surface area contributed by atoms with E-state index in [4.69, 9.17) is 24.4 Å². The van der Waals surface area contributed by atoms with Gasteiger partial charge in [0.2, 0.25) is 6.41 Å². The van der Waals surface area contributed by atoms with E-state index in [1.54, 1.807) is 30.3 Å². The molecule has 0 unspecified atom stereocenters. The molecule has 0 spiro atoms. The van der Waals surface area contributed by atoms with Crippen molar-refractivity contribution >= 4 is 21.6 Å². The van der Waals surface area contributed by atoms with Crippen LogP contribution in [0.2, 0.25) is 0 Å². The van der Waals surface area contributed by atoms with Crippen molar-refractivity contribution in [1.82, 2.24) is 5.06 Å². The fourth-order valence-corrected chi connectivity index (χ4v) is 4.13. The molecule has 0 atom stereocenters. The first-order chi connectivity index (χ1) is 10.1. The molecule has 0 aliphatic heterocycles. The Kier molecular flexibility index (Phi) is 6.90. The average molecular weight is 353 g/mol. The summed E-state index contributed by atoms with van der Waals surface area (Å²) in [4.78, 5) is 51.9. The van der Waals surface area contributed by atoms with Crippen LogP contribution in [0.25, 0.3) is 0 Å². The number of amides is 1. The van der Waals surface area contributed by atoms with Crippen LogP contribution in [0.3, 0.4) is 0 Å². The summed E-state index contributed by atoms with van der Waals surface area (Å²) in [5.41, 5.74) is 0.760. The molecule has 0 heterocycles. The second-order valence-electron chi connectivity index (χ2n) is 4.45. The molecular formula is C11H17NO8P2. The van der Waals surface area contributed by atoms with Gasteiger partial charge in [-0.05, 0) is 12.0 Å². The highest BCUT2D eigenvalue weighted by atomic mass is 31.2. The van der Waals surface area contributed by atoms with Gasteiger partial charge < -0.3 is 19.6 Å². The minimum atomic E-state index is -5.00. The summed E-state index contributed by atoms with van der Waals surface area (Å²) in [6, 6.07) is 8.82. The van der Waals surface area contributed by atoms with Gasteiger partial charge in [0.05, 0.1) is 0 Å². The number of carbonyl (C=O) groups is 1. The van der Waals surface area contributed by atoms with Crippen molar-refractivity contribution < 1.29 is 38.3 Å². The predicted molar refractivity (Wildman–Crippen MR) is 76.5 cm³/mol. The van der Waals surface area contributed by atoms with E-state index < -0.39 is 27.0 Å². The van der Waals surface area contributed by atoms with E-state index in [-0.39, 0.29) is 19.6 Å². The van der Waals surface area contributed by atoms with Gasteiger partial charge in [-0.15, -0.1) is 0 Å². The van der Waals surface area contributed by atoms with Gasteiger partial charge in [0, 0.05) is 6.54 Å². The molecule has 0 aromatic heterocycles. The van der Waals surface area contributed by atoms with Crippen LogP contribution >= 0.6 is 15.2 Å². The highest BCUT2D eigenvalue weighted by Crippen LogP contribution is 2.61. The standard InChI is InChI=1S/C11H17NO8P2/c13-9-12(20-8-10-4-2-1-3-5-10)7-6-11(21(14,15)16)22(17,18)19/h1-5,9,11H,6-8H2,(H2,14,15,16)(H2,17,18,19). The predicted octanol–water partition coefficient (Wildman–Crippen LogP) is 0.648. The van der Waals surface area contributed by atoms with Crippen LogP contribution in [0.1, 0.15) is 12.0 Å². The lowest BCUT2D eigenvalue weighted by Crippen LogP contribution is -2.26. The number of carbonyl (C=O) groups excluding carboxylic acids is 1. The van der Waals surface area contributed by atoms with Gasteiger partial charge in [0.25, 0.3) is 0 Å². The lowest BCUT2D eigenvalue weighted by atomic mass is 10.2. The largest absolute Gasteiger partial charge is 0.340 e. The molecule has 4 N–H and O–H groups in total. The average Bonchev–Trinajstić information content (AvgIpc) is 2.40. The Morgan fingerprint density at radius 1 is 1.09 bits per heavy atom. The summed E-state index contributed by atoms with van der Waals surface area (Å²) in [7, 11) is -10.0. The van der Waals surface area contributed by atoms with Crippen LogP contribution in [-0.2, 0) is 25.4 Å². The first kappa shape index (κ1) is 19.0. The molecular weight excluding hydrogens is 336 g/mol. The Morgan fingerprint density at radius 2 is 1.64 bits per heavy atom. The van der Waals surface area contributed by atoms with Gasteiger partial charge in [-0.3, -0.25) is 18.8 Å². The Morgan fingerprint density at radius 3 is 2.09 bits per heavy atom. The molecule has 1 aromatic carbocycles. The molecule has 0 saturated heterocycles. The van der Waals surface area contributed by atoms with E-state index in [1.165, 1.54) is 0 Å². The SMILES string of the molecule is O=CN(CCC(P(=O)(O)O)P(=O)(O)O)OCc1ccccc1. The Bertz CT molecular complexity index is 547. The van der Waals surface area contributed by atoms with E-state index in [2.05, 4.69) is 0 Å². The molecule has 11 heteroatoms. The lowest BCUT2D eigenvalue weighted by Gasteiger charge is -2.22. The van der Waals surface area contributed by atoms with E-state index in [0.29, 0.717) is 0 Å². The van der Waals surface area contributed by atoms with Gasteiger partial charge in [-0.1, -0.05) is 30.3 Å². The maximum atomic E-state index is 11.1. The van der Waals surface area contributed by atoms with Crippen molar-refractivity contribution in [2.75, 3.05) is 6.54 Å². The monoisotopic (exact) mass is 353 g/mol. The number of rotatable bonds is 9. The van der Waals surface area contributed by atoms with Crippen molar-refractivity contribution in [3.05, 3.63) is 35.9 Å². The minimum absolute atomic E-state index is 0.0378. The fourth-order valence-electron chi connectivity index (χ4n) is 1.65. The fraction of sp³-hybridized carbons (Fsp3) is 0.364. The third-order valence-electron chi connectivity index (χ3n) is 2.74. The third-order valence-corrected chi connectivity index (χ3v) is 6.62. The molecule has 1 aromatic rings. The molecule has 0 aliphatic rings. The van der Waals surface area contributed by atoms with Crippen LogP contribution in [0.4, 0.5) is 0 Å². The maximum Gasteiger partial charge on any atom is 0.340 e. The van der Waals surface area contributed by atoms with Crippen molar-refractivity contribution in [1.29, 1.82) is 0 Å². The smallest absolute Gasteiger partial charge is 0.324 e. The van der Waals surface area contributed by atoms with Crippen LogP contribution < -0.4 is 0 Å². The topological polar surface area (TPSA) is 145 Å². The zero-order valence-electron chi connectivity index (χ0n) is 11.4. The van der Waals surface area contributed by atoms with Crippen molar-refractivity contribution in [3.8, 4) is 0 Å². The van der Waals surface area contributed by atoms with Crippen LogP contribution in [-0.4, -0.2) is 43.0 Å². The van der Waals surface area contributed by atoms with E-state index in [9.17, 15) is 13.9 Å². The van der Waals surface area contributed by atoms with Crippen LogP contribution in [0, 0.1) is 0 Å². The molecule has 0 bridgehead atoms. The Hall–Kier alpha value is -1.05. The molecule has 0 radical (unpaired) electrons. The lowest BCUT2D eigenvalue weighted by molar-refractivity contribution is -0.177. The van der Waals surface area contributed by atoms with Crippen molar-refractivity contribution in [2.24, 2.45) is 0 Å². The second-order valence-corrected chi connectivity index (χ2v) is 8.46. The number of hydrogen-bond donors (Lipinski definition) is 4. The highest BCUT2D eigenvalue weighted by Gasteiger charge is 2.43. The summed E-state index contributed by atoms with van der Waals surface area (Å²) in [5.74, 6) is 0. The zero-order valence-corrected chi connectivity index (χ0v) is 13.2. The van der Waals surface area contributed by atoms with Gasteiger partial charge in [-0.25, -0.2) is 5.06 Å². The second kappa shape index (κ2) is 7.99. The number of hydroxylamine groups is 2. The van der Waals surface area contributed by atoms with E-state index >= 15 is 0 Å². The van der Waals surface area contributed by atoms with Gasteiger partial charge >= 0.3 is 15.2 Å². The van der Waals surface area contributed by atoms with Gasteiger partial charge in [0.15, 0.2) is 5.40 Å². The van der Waals surface area contributed by atoms with Crippen molar-refractivity contribution in [2.45, 2.75) is 18.4 Å². The molecule has 1 rings (SSSR count). The van der Waals surface area contributed by atoms with Crippen molar-refractivity contribution in [3.63, 3.8) is 0 Å². The van der Waals surface area contributed by atoms with Gasteiger partial charge in [-0.2, -0.15) is 0 Å². The van der Waals surface area contributed by atoms with Gasteiger partial charge in [0.1, 0.15) is 6.61 Å². The minimum Gasteiger partial charge on any atom is -0.324 e. The summed E-state index contributed by atoms with van der Waals surface area (Å²) >= 11 is 0. The zero-order chi connectivity index (χ0) is 16.8. The van der Waals surface area contributed by atoms with Crippen LogP contribution in [0.15, 0.2) is 30.3 Å². The molecule has 0 saturated carbocycles. The van der Waals surface area contributed by atoms with E-state index in [0.717, 1.165) is 10.6 Å². The first-order valence-electron chi connectivity index (χ1n) is 6.14. The quantitative estimate of drug-likeness (QED) is 0.288.